The third kappa shape index (κ3) is 4.45. The Kier molecular flexibility index (Phi) is 5.56. The van der Waals surface area contributed by atoms with E-state index in [0.717, 1.165) is 16.8 Å². The van der Waals surface area contributed by atoms with Crippen LogP contribution in [0, 0.1) is 0 Å². The van der Waals surface area contributed by atoms with Gasteiger partial charge in [0.25, 0.3) is 0 Å². The first-order chi connectivity index (χ1) is 14.1. The predicted octanol–water partition coefficient (Wildman–Crippen LogP) is 6.14. The lowest BCUT2D eigenvalue weighted by Gasteiger charge is -2.00. The lowest BCUT2D eigenvalue weighted by molar-refractivity contribution is 0.104. The molecule has 2 heterocycles. The van der Waals surface area contributed by atoms with E-state index < -0.39 is 0 Å². The van der Waals surface area contributed by atoms with Crippen LogP contribution in [0.4, 0.5) is 0 Å². The number of carbonyl (C=O) groups excluding carboxylic acids is 1. The third-order valence-electron chi connectivity index (χ3n) is 4.30. The van der Waals surface area contributed by atoms with Gasteiger partial charge in [-0.1, -0.05) is 41.4 Å². The first-order valence-electron chi connectivity index (χ1n) is 8.84. The summed E-state index contributed by atoms with van der Waals surface area (Å²) >= 11 is 11.9. The number of hydrogen-bond donors (Lipinski definition) is 0. The van der Waals surface area contributed by atoms with Crippen molar-refractivity contribution >= 4 is 35.1 Å². The molecule has 0 radical (unpaired) electrons. The van der Waals surface area contributed by atoms with Gasteiger partial charge in [-0.25, -0.2) is 4.68 Å². The van der Waals surface area contributed by atoms with Gasteiger partial charge in [-0.2, -0.15) is 5.10 Å². The molecule has 0 aliphatic carbocycles. The van der Waals surface area contributed by atoms with Crippen LogP contribution in [0.1, 0.15) is 15.9 Å². The number of nitrogens with zero attached hydrogens (tertiary/aromatic N) is 3. The molecule has 2 aromatic carbocycles. The van der Waals surface area contributed by atoms with Gasteiger partial charge in [0.05, 0.1) is 11.3 Å². The Morgan fingerprint density at radius 2 is 1.62 bits per heavy atom. The highest BCUT2D eigenvalue weighted by Crippen LogP contribution is 2.24. The molecule has 4 rings (SSSR count). The van der Waals surface area contributed by atoms with Gasteiger partial charge >= 0.3 is 0 Å². The average molecular weight is 420 g/mol. The second kappa shape index (κ2) is 8.43. The molecule has 0 unspecified atom stereocenters. The number of ketones is 1. The zero-order valence-electron chi connectivity index (χ0n) is 15.2. The zero-order chi connectivity index (χ0) is 20.2. The Balaban J connectivity index is 1.73. The molecule has 0 N–H and O–H groups in total. The summed E-state index contributed by atoms with van der Waals surface area (Å²) in [4.78, 5) is 17.1. The number of rotatable bonds is 5. The molecule has 142 valence electrons. The van der Waals surface area contributed by atoms with Gasteiger partial charge in [-0.3, -0.25) is 9.78 Å². The van der Waals surface area contributed by atoms with Crippen LogP contribution in [0.25, 0.3) is 23.0 Å². The Bertz CT molecular complexity index is 1170. The molecular weight excluding hydrogens is 405 g/mol. The number of hydrogen-bond acceptors (Lipinski definition) is 3. The summed E-state index contributed by atoms with van der Waals surface area (Å²) < 4.78 is 1.67. The Labute approximate surface area is 178 Å². The minimum Gasteiger partial charge on any atom is -0.289 e. The molecule has 0 fully saturated rings. The first kappa shape index (κ1) is 19.1. The fourth-order valence-electron chi connectivity index (χ4n) is 2.83. The topological polar surface area (TPSA) is 47.8 Å². The average Bonchev–Trinajstić information content (AvgIpc) is 3.20. The monoisotopic (exact) mass is 419 g/mol. The Morgan fingerprint density at radius 1 is 0.931 bits per heavy atom. The summed E-state index contributed by atoms with van der Waals surface area (Å²) in [5.74, 6) is -0.154. The zero-order valence-corrected chi connectivity index (χ0v) is 16.7. The first-order valence-corrected chi connectivity index (χ1v) is 9.60. The Hall–Kier alpha value is -3.21. The van der Waals surface area contributed by atoms with E-state index in [0.29, 0.717) is 21.3 Å². The van der Waals surface area contributed by atoms with Gasteiger partial charge < -0.3 is 0 Å². The minimum atomic E-state index is -0.154. The van der Waals surface area contributed by atoms with Gasteiger partial charge in [-0.15, -0.1) is 0 Å². The number of aromatic nitrogens is 3. The maximum atomic E-state index is 13.0. The van der Waals surface area contributed by atoms with E-state index in [1.807, 2.05) is 36.4 Å². The van der Waals surface area contributed by atoms with E-state index >= 15 is 0 Å². The second-order valence-electron chi connectivity index (χ2n) is 6.30. The van der Waals surface area contributed by atoms with Crippen LogP contribution in [0.2, 0.25) is 10.0 Å². The molecule has 4 nitrogen and oxygen atoms in total. The molecular formula is C23H15Cl2N3O. The lowest BCUT2D eigenvalue weighted by atomic mass is 10.1. The molecule has 0 bridgehead atoms. The maximum Gasteiger partial charge on any atom is 0.189 e. The van der Waals surface area contributed by atoms with Gasteiger partial charge in [-0.05, 0) is 60.2 Å². The van der Waals surface area contributed by atoms with Crippen LogP contribution in [0.15, 0.2) is 85.3 Å². The molecule has 0 atom stereocenters. The summed E-state index contributed by atoms with van der Waals surface area (Å²) in [5.41, 5.74) is 3.51. The summed E-state index contributed by atoms with van der Waals surface area (Å²) in [7, 11) is 0. The van der Waals surface area contributed by atoms with Crippen molar-refractivity contribution < 1.29 is 4.79 Å². The maximum absolute atomic E-state index is 13.0. The number of benzene rings is 2. The molecule has 0 saturated carbocycles. The largest absolute Gasteiger partial charge is 0.289 e. The fraction of sp³-hybridized carbons (Fsp3) is 0. The summed E-state index contributed by atoms with van der Waals surface area (Å²) in [6.45, 7) is 0. The standard InChI is InChI=1S/C23H15Cl2N3O/c24-18-6-3-16(4-7-18)5-12-22(29)21-15-28(20-10-8-19(25)9-11-20)27-23(21)17-2-1-13-26-14-17/h1-15H. The number of halogens is 2. The van der Waals surface area contributed by atoms with E-state index in [-0.39, 0.29) is 5.78 Å². The summed E-state index contributed by atoms with van der Waals surface area (Å²) in [6.07, 6.45) is 8.38. The quantitative estimate of drug-likeness (QED) is 0.288. The highest BCUT2D eigenvalue weighted by Gasteiger charge is 2.17. The van der Waals surface area contributed by atoms with E-state index in [9.17, 15) is 4.79 Å². The van der Waals surface area contributed by atoms with Crippen LogP contribution in [0.3, 0.4) is 0 Å². The van der Waals surface area contributed by atoms with Crippen LogP contribution in [0.5, 0.6) is 0 Å². The predicted molar refractivity (Wildman–Crippen MR) is 117 cm³/mol. The number of carbonyl (C=O) groups is 1. The van der Waals surface area contributed by atoms with Crippen molar-refractivity contribution in [3.8, 4) is 16.9 Å². The number of allylic oxidation sites excluding steroid dienone is 1. The summed E-state index contributed by atoms with van der Waals surface area (Å²) in [6, 6.07) is 18.2. The van der Waals surface area contributed by atoms with Crippen LogP contribution in [-0.4, -0.2) is 20.5 Å². The molecule has 0 aliphatic heterocycles. The minimum absolute atomic E-state index is 0.154. The fourth-order valence-corrected chi connectivity index (χ4v) is 3.08. The van der Waals surface area contributed by atoms with Gasteiger partial charge in [0, 0.05) is 34.2 Å². The molecule has 2 aromatic heterocycles. The third-order valence-corrected chi connectivity index (χ3v) is 4.81. The van der Waals surface area contributed by atoms with Crippen LogP contribution >= 0.6 is 23.2 Å². The lowest BCUT2D eigenvalue weighted by Crippen LogP contribution is -1.95. The molecule has 6 heteroatoms. The number of pyridine rings is 1. The van der Waals surface area contributed by atoms with E-state index in [1.54, 1.807) is 53.6 Å². The molecule has 29 heavy (non-hydrogen) atoms. The highest BCUT2D eigenvalue weighted by molar-refractivity contribution is 6.30. The van der Waals surface area contributed by atoms with Crippen LogP contribution < -0.4 is 0 Å². The van der Waals surface area contributed by atoms with Gasteiger partial charge in [0.1, 0.15) is 5.69 Å². The van der Waals surface area contributed by atoms with E-state index in [4.69, 9.17) is 23.2 Å². The molecule has 0 aliphatic rings. The van der Waals surface area contributed by atoms with Crippen molar-refractivity contribution in [1.29, 1.82) is 0 Å². The van der Waals surface area contributed by atoms with Gasteiger partial charge in [0.15, 0.2) is 5.78 Å². The van der Waals surface area contributed by atoms with E-state index in [2.05, 4.69) is 10.1 Å². The van der Waals surface area contributed by atoms with Crippen molar-refractivity contribution in [3.63, 3.8) is 0 Å². The second-order valence-corrected chi connectivity index (χ2v) is 7.18. The highest BCUT2D eigenvalue weighted by atomic mass is 35.5. The van der Waals surface area contributed by atoms with Gasteiger partial charge in [0.2, 0.25) is 0 Å². The van der Waals surface area contributed by atoms with Crippen molar-refractivity contribution in [1.82, 2.24) is 14.8 Å². The Morgan fingerprint density at radius 3 is 2.28 bits per heavy atom. The molecule has 0 amide bonds. The summed E-state index contributed by atoms with van der Waals surface area (Å²) in [5, 5.41) is 5.91. The van der Waals surface area contributed by atoms with Crippen molar-refractivity contribution in [3.05, 3.63) is 107 Å². The molecule has 0 spiro atoms. The normalized spacial score (nSPS) is 11.1. The van der Waals surface area contributed by atoms with Crippen molar-refractivity contribution in [2.75, 3.05) is 0 Å². The van der Waals surface area contributed by atoms with Crippen molar-refractivity contribution in [2.24, 2.45) is 0 Å². The molecule has 0 saturated heterocycles. The van der Waals surface area contributed by atoms with E-state index in [1.165, 1.54) is 6.08 Å². The smallest absolute Gasteiger partial charge is 0.189 e. The molecule has 4 aromatic rings. The van der Waals surface area contributed by atoms with Crippen molar-refractivity contribution in [2.45, 2.75) is 0 Å². The SMILES string of the molecule is O=C(C=Cc1ccc(Cl)cc1)c1cn(-c2ccc(Cl)cc2)nc1-c1cccnc1. The van der Waals surface area contributed by atoms with Crippen LogP contribution in [-0.2, 0) is 0 Å².